The predicted octanol–water partition coefficient (Wildman–Crippen LogP) is 4.64. The first kappa shape index (κ1) is 21.8. The third-order valence-electron chi connectivity index (χ3n) is 5.90. The van der Waals surface area contributed by atoms with Gasteiger partial charge in [-0.15, -0.1) is 0 Å². The highest BCUT2D eigenvalue weighted by atomic mass is 16.5. The standard InChI is InChI=1S/C26H28N2O4/c1-15-5-7-20(16(2)9-15)13-27-25(30)11-19-6-8-23-21(10-19)12-24(31-23)22(14-29)26-17(3)28-32-18(26)4/h5-10,12,22,29H,11,13-14H2,1-4H3,(H,27,30). The lowest BCUT2D eigenvalue weighted by molar-refractivity contribution is -0.120. The minimum Gasteiger partial charge on any atom is -0.460 e. The number of amides is 1. The first-order chi connectivity index (χ1) is 15.4. The Kier molecular flexibility index (Phi) is 6.15. The maximum atomic E-state index is 12.5. The van der Waals surface area contributed by atoms with Crippen LogP contribution < -0.4 is 5.32 Å². The summed E-state index contributed by atoms with van der Waals surface area (Å²) in [7, 11) is 0. The van der Waals surface area contributed by atoms with Gasteiger partial charge in [-0.2, -0.15) is 0 Å². The molecule has 1 amide bonds. The second kappa shape index (κ2) is 9.01. The molecule has 0 aliphatic rings. The van der Waals surface area contributed by atoms with Crippen LogP contribution in [-0.2, 0) is 17.8 Å². The molecule has 6 heteroatoms. The summed E-state index contributed by atoms with van der Waals surface area (Å²) < 4.78 is 11.3. The average molecular weight is 433 g/mol. The van der Waals surface area contributed by atoms with Gasteiger partial charge < -0.3 is 19.4 Å². The Bertz CT molecular complexity index is 1250. The van der Waals surface area contributed by atoms with Gasteiger partial charge in [0.15, 0.2) is 0 Å². The Morgan fingerprint density at radius 2 is 1.91 bits per heavy atom. The van der Waals surface area contributed by atoms with E-state index in [1.807, 2.05) is 38.1 Å². The fourth-order valence-corrected chi connectivity index (χ4v) is 4.19. The average Bonchev–Trinajstić information content (AvgIpc) is 3.31. The van der Waals surface area contributed by atoms with E-state index >= 15 is 0 Å². The zero-order chi connectivity index (χ0) is 22.8. The van der Waals surface area contributed by atoms with Gasteiger partial charge in [-0.3, -0.25) is 4.79 Å². The number of hydrogen-bond acceptors (Lipinski definition) is 5. The van der Waals surface area contributed by atoms with Crippen LogP contribution in [0.4, 0.5) is 0 Å². The predicted molar refractivity (Wildman–Crippen MR) is 123 cm³/mol. The number of aliphatic hydroxyl groups is 1. The Hall–Kier alpha value is -3.38. The van der Waals surface area contributed by atoms with Gasteiger partial charge in [-0.1, -0.05) is 35.0 Å². The minimum absolute atomic E-state index is 0.0306. The summed E-state index contributed by atoms with van der Waals surface area (Å²) in [5, 5.41) is 17.9. The van der Waals surface area contributed by atoms with Crippen molar-refractivity contribution in [2.75, 3.05) is 6.61 Å². The van der Waals surface area contributed by atoms with E-state index in [2.05, 4.69) is 42.5 Å². The van der Waals surface area contributed by atoms with Crippen molar-refractivity contribution in [2.24, 2.45) is 0 Å². The van der Waals surface area contributed by atoms with Gasteiger partial charge in [-0.05, 0) is 62.6 Å². The van der Waals surface area contributed by atoms with E-state index in [-0.39, 0.29) is 24.9 Å². The summed E-state index contributed by atoms with van der Waals surface area (Å²) in [4.78, 5) is 12.5. The van der Waals surface area contributed by atoms with Crippen LogP contribution in [0.5, 0.6) is 0 Å². The molecular weight excluding hydrogens is 404 g/mol. The van der Waals surface area contributed by atoms with Gasteiger partial charge in [0.05, 0.1) is 24.6 Å². The Labute approximate surface area is 187 Å². The molecule has 0 aliphatic heterocycles. The van der Waals surface area contributed by atoms with E-state index in [4.69, 9.17) is 8.94 Å². The number of nitrogens with zero attached hydrogens (tertiary/aromatic N) is 1. The van der Waals surface area contributed by atoms with E-state index in [0.717, 1.165) is 27.8 Å². The van der Waals surface area contributed by atoms with Crippen molar-refractivity contribution in [3.63, 3.8) is 0 Å². The summed E-state index contributed by atoms with van der Waals surface area (Å²) in [5.74, 6) is 0.937. The zero-order valence-electron chi connectivity index (χ0n) is 18.9. The van der Waals surface area contributed by atoms with Crippen molar-refractivity contribution in [1.82, 2.24) is 10.5 Å². The SMILES string of the molecule is Cc1ccc(CNC(=O)Cc2ccc3oc(C(CO)c4c(C)noc4C)cc3c2)c(C)c1. The molecule has 2 aromatic carbocycles. The molecule has 0 aliphatic carbocycles. The maximum absolute atomic E-state index is 12.5. The number of aliphatic hydroxyl groups excluding tert-OH is 1. The summed E-state index contributed by atoms with van der Waals surface area (Å²) in [6, 6.07) is 13.9. The van der Waals surface area contributed by atoms with Crippen LogP contribution in [0, 0.1) is 27.7 Å². The molecule has 1 unspecified atom stereocenters. The Balaban J connectivity index is 1.48. The first-order valence-corrected chi connectivity index (χ1v) is 10.7. The summed E-state index contributed by atoms with van der Waals surface area (Å²) in [5.41, 5.74) is 6.71. The van der Waals surface area contributed by atoms with Crippen molar-refractivity contribution in [3.8, 4) is 0 Å². The van der Waals surface area contributed by atoms with E-state index in [1.54, 1.807) is 0 Å². The van der Waals surface area contributed by atoms with Crippen LogP contribution in [-0.4, -0.2) is 22.8 Å². The molecule has 32 heavy (non-hydrogen) atoms. The lowest BCUT2D eigenvalue weighted by Crippen LogP contribution is -2.24. The van der Waals surface area contributed by atoms with Crippen LogP contribution in [0.25, 0.3) is 11.0 Å². The van der Waals surface area contributed by atoms with Crippen LogP contribution in [0.3, 0.4) is 0 Å². The monoisotopic (exact) mass is 432 g/mol. The minimum atomic E-state index is -0.349. The lowest BCUT2D eigenvalue weighted by atomic mass is 9.95. The molecule has 0 spiro atoms. The first-order valence-electron chi connectivity index (χ1n) is 10.7. The number of benzene rings is 2. The molecule has 2 aromatic heterocycles. The highest BCUT2D eigenvalue weighted by Crippen LogP contribution is 2.33. The number of fused-ring (bicyclic) bond motifs is 1. The van der Waals surface area contributed by atoms with Crippen LogP contribution in [0.1, 0.15) is 50.9 Å². The summed E-state index contributed by atoms with van der Waals surface area (Å²) in [6.07, 6.45) is 0.286. The number of aromatic nitrogens is 1. The molecule has 166 valence electrons. The van der Waals surface area contributed by atoms with Gasteiger partial charge >= 0.3 is 0 Å². The molecule has 1 atom stereocenters. The topological polar surface area (TPSA) is 88.5 Å². The fourth-order valence-electron chi connectivity index (χ4n) is 4.19. The molecule has 0 fully saturated rings. The smallest absolute Gasteiger partial charge is 0.224 e. The van der Waals surface area contributed by atoms with Crippen LogP contribution >= 0.6 is 0 Å². The molecule has 2 N–H and O–H groups in total. The van der Waals surface area contributed by atoms with Gasteiger partial charge in [-0.25, -0.2) is 0 Å². The fraction of sp³-hybridized carbons (Fsp3) is 0.308. The molecule has 2 heterocycles. The quantitative estimate of drug-likeness (QED) is 0.444. The van der Waals surface area contributed by atoms with Gasteiger partial charge in [0.25, 0.3) is 0 Å². The number of carbonyl (C=O) groups is 1. The molecule has 0 bridgehead atoms. The van der Waals surface area contributed by atoms with E-state index in [1.165, 1.54) is 11.1 Å². The highest BCUT2D eigenvalue weighted by Gasteiger charge is 2.25. The molecule has 4 aromatic rings. The van der Waals surface area contributed by atoms with Crippen molar-refractivity contribution in [3.05, 3.63) is 87.5 Å². The molecule has 0 saturated heterocycles. The summed E-state index contributed by atoms with van der Waals surface area (Å²) in [6.45, 7) is 8.20. The maximum Gasteiger partial charge on any atom is 0.224 e. The number of hydrogen-bond donors (Lipinski definition) is 2. The third kappa shape index (κ3) is 4.46. The van der Waals surface area contributed by atoms with Crippen molar-refractivity contribution in [2.45, 2.75) is 46.6 Å². The molecule has 6 nitrogen and oxygen atoms in total. The van der Waals surface area contributed by atoms with Crippen molar-refractivity contribution < 1.29 is 18.8 Å². The van der Waals surface area contributed by atoms with E-state index in [0.29, 0.717) is 23.6 Å². The Morgan fingerprint density at radius 1 is 1.09 bits per heavy atom. The third-order valence-corrected chi connectivity index (χ3v) is 5.90. The van der Waals surface area contributed by atoms with E-state index < -0.39 is 0 Å². The summed E-state index contributed by atoms with van der Waals surface area (Å²) >= 11 is 0. The lowest BCUT2D eigenvalue weighted by Gasteiger charge is -2.10. The largest absolute Gasteiger partial charge is 0.460 e. The molecule has 4 rings (SSSR count). The second-order valence-electron chi connectivity index (χ2n) is 8.38. The number of nitrogens with one attached hydrogen (secondary N) is 1. The van der Waals surface area contributed by atoms with Gasteiger partial charge in [0.2, 0.25) is 5.91 Å². The number of aryl methyl sites for hydroxylation is 4. The van der Waals surface area contributed by atoms with Crippen LogP contribution in [0.2, 0.25) is 0 Å². The molecular formula is C26H28N2O4. The normalized spacial score (nSPS) is 12.3. The highest BCUT2D eigenvalue weighted by molar-refractivity contribution is 5.83. The number of carbonyl (C=O) groups excluding carboxylic acids is 1. The second-order valence-corrected chi connectivity index (χ2v) is 8.38. The number of rotatable bonds is 7. The zero-order valence-corrected chi connectivity index (χ0v) is 18.9. The Morgan fingerprint density at radius 3 is 2.59 bits per heavy atom. The van der Waals surface area contributed by atoms with Gasteiger partial charge in [0.1, 0.15) is 17.1 Å². The van der Waals surface area contributed by atoms with E-state index in [9.17, 15) is 9.90 Å². The van der Waals surface area contributed by atoms with Crippen molar-refractivity contribution in [1.29, 1.82) is 0 Å². The number of furan rings is 1. The van der Waals surface area contributed by atoms with Crippen LogP contribution in [0.15, 0.2) is 51.4 Å². The molecule has 0 radical (unpaired) electrons. The molecule has 0 saturated carbocycles. The van der Waals surface area contributed by atoms with Gasteiger partial charge in [0, 0.05) is 17.5 Å². The van der Waals surface area contributed by atoms with Crippen molar-refractivity contribution >= 4 is 16.9 Å².